The molecule has 1 aromatic carbocycles. The van der Waals surface area contributed by atoms with Gasteiger partial charge in [-0.15, -0.1) is 0 Å². The standard InChI is InChI=1S/C18H21ClFN3O/c1-21-5-4-14(10-18(21)24)12-22-6-8-23(9-7-22)13-15-2-3-16(20)11-17(15)19/h2-5,10-11H,6-9,12-13H2,1H3. The van der Waals surface area contributed by atoms with Crippen LogP contribution in [0.1, 0.15) is 11.1 Å². The Morgan fingerprint density at radius 1 is 1.04 bits per heavy atom. The van der Waals surface area contributed by atoms with E-state index in [2.05, 4.69) is 9.80 Å². The summed E-state index contributed by atoms with van der Waals surface area (Å²) in [6.07, 6.45) is 1.81. The van der Waals surface area contributed by atoms with Crippen LogP contribution in [0, 0.1) is 5.82 Å². The molecule has 0 bridgehead atoms. The summed E-state index contributed by atoms with van der Waals surface area (Å²) in [6.45, 7) is 5.26. The Morgan fingerprint density at radius 3 is 2.33 bits per heavy atom. The van der Waals surface area contributed by atoms with E-state index in [0.29, 0.717) is 5.02 Å². The second-order valence-electron chi connectivity index (χ2n) is 6.27. The zero-order valence-corrected chi connectivity index (χ0v) is 14.5. The number of aromatic nitrogens is 1. The Kier molecular flexibility index (Phi) is 5.33. The van der Waals surface area contributed by atoms with Crippen LogP contribution >= 0.6 is 11.6 Å². The SMILES string of the molecule is Cn1ccc(CN2CCN(Cc3ccc(F)cc3Cl)CC2)cc1=O. The number of nitrogens with zero attached hydrogens (tertiary/aromatic N) is 3. The van der Waals surface area contributed by atoms with Crippen LogP contribution in [0.3, 0.4) is 0 Å². The molecule has 24 heavy (non-hydrogen) atoms. The first-order valence-electron chi connectivity index (χ1n) is 8.05. The van der Waals surface area contributed by atoms with Gasteiger partial charge in [0, 0.05) is 63.6 Å². The van der Waals surface area contributed by atoms with Gasteiger partial charge in [0.05, 0.1) is 0 Å². The first kappa shape index (κ1) is 17.1. The lowest BCUT2D eigenvalue weighted by molar-refractivity contribution is 0.122. The highest BCUT2D eigenvalue weighted by Crippen LogP contribution is 2.20. The lowest BCUT2D eigenvalue weighted by Gasteiger charge is -2.34. The predicted octanol–water partition coefficient (Wildman–Crippen LogP) is 2.50. The molecular formula is C18H21ClFN3O. The molecule has 0 aliphatic carbocycles. The van der Waals surface area contributed by atoms with Crippen molar-refractivity contribution in [1.82, 2.24) is 14.4 Å². The van der Waals surface area contributed by atoms with Crippen molar-refractivity contribution in [2.75, 3.05) is 26.2 Å². The van der Waals surface area contributed by atoms with Crippen LogP contribution in [-0.2, 0) is 20.1 Å². The molecule has 4 nitrogen and oxygen atoms in total. The molecule has 1 fully saturated rings. The van der Waals surface area contributed by atoms with Crippen LogP contribution in [0.2, 0.25) is 5.02 Å². The van der Waals surface area contributed by atoms with E-state index in [9.17, 15) is 9.18 Å². The van der Waals surface area contributed by atoms with Gasteiger partial charge in [-0.2, -0.15) is 0 Å². The van der Waals surface area contributed by atoms with E-state index < -0.39 is 0 Å². The number of aryl methyl sites for hydroxylation is 1. The maximum atomic E-state index is 13.1. The molecular weight excluding hydrogens is 329 g/mol. The summed E-state index contributed by atoms with van der Waals surface area (Å²) in [5, 5.41) is 0.484. The highest BCUT2D eigenvalue weighted by atomic mass is 35.5. The summed E-state index contributed by atoms with van der Waals surface area (Å²) in [6, 6.07) is 8.26. The molecule has 0 amide bonds. The van der Waals surface area contributed by atoms with Crippen molar-refractivity contribution in [3.63, 3.8) is 0 Å². The molecule has 1 aliphatic heterocycles. The van der Waals surface area contributed by atoms with Gasteiger partial charge in [0.25, 0.3) is 5.56 Å². The minimum absolute atomic E-state index is 0.0251. The van der Waals surface area contributed by atoms with Crippen molar-refractivity contribution in [3.8, 4) is 0 Å². The minimum Gasteiger partial charge on any atom is -0.319 e. The van der Waals surface area contributed by atoms with Crippen LogP contribution in [0.15, 0.2) is 41.3 Å². The third-order valence-electron chi connectivity index (χ3n) is 4.45. The zero-order valence-electron chi connectivity index (χ0n) is 13.7. The summed E-state index contributed by atoms with van der Waals surface area (Å²) in [4.78, 5) is 16.4. The Labute approximate surface area is 146 Å². The molecule has 2 aromatic rings. The number of hydrogen-bond acceptors (Lipinski definition) is 3. The van der Waals surface area contributed by atoms with Gasteiger partial charge in [-0.05, 0) is 29.3 Å². The van der Waals surface area contributed by atoms with Crippen LogP contribution in [0.25, 0.3) is 0 Å². The van der Waals surface area contributed by atoms with Crippen LogP contribution in [-0.4, -0.2) is 40.5 Å². The first-order chi connectivity index (χ1) is 11.5. The summed E-state index contributed by atoms with van der Waals surface area (Å²) >= 11 is 6.10. The summed E-state index contributed by atoms with van der Waals surface area (Å²) < 4.78 is 14.7. The molecule has 2 heterocycles. The zero-order chi connectivity index (χ0) is 17.1. The van der Waals surface area contributed by atoms with E-state index in [0.717, 1.165) is 50.4 Å². The monoisotopic (exact) mass is 349 g/mol. The number of hydrogen-bond donors (Lipinski definition) is 0. The van der Waals surface area contributed by atoms with E-state index in [1.165, 1.54) is 12.1 Å². The first-order valence-corrected chi connectivity index (χ1v) is 8.43. The summed E-state index contributed by atoms with van der Waals surface area (Å²) in [5.41, 5.74) is 2.03. The van der Waals surface area contributed by atoms with Crippen LogP contribution in [0.5, 0.6) is 0 Å². The third kappa shape index (κ3) is 4.23. The minimum atomic E-state index is -0.303. The molecule has 6 heteroatoms. The third-order valence-corrected chi connectivity index (χ3v) is 4.80. The Morgan fingerprint density at radius 2 is 1.71 bits per heavy atom. The lowest BCUT2D eigenvalue weighted by Crippen LogP contribution is -2.45. The molecule has 128 valence electrons. The van der Waals surface area contributed by atoms with Crippen molar-refractivity contribution in [1.29, 1.82) is 0 Å². The van der Waals surface area contributed by atoms with Crippen molar-refractivity contribution >= 4 is 11.6 Å². The quantitative estimate of drug-likeness (QED) is 0.849. The van der Waals surface area contributed by atoms with Gasteiger partial charge in [-0.1, -0.05) is 17.7 Å². The Bertz CT molecular complexity index is 769. The van der Waals surface area contributed by atoms with E-state index >= 15 is 0 Å². The molecule has 1 aromatic heterocycles. The average molecular weight is 350 g/mol. The molecule has 0 N–H and O–H groups in total. The van der Waals surface area contributed by atoms with E-state index in [1.54, 1.807) is 23.7 Å². The fourth-order valence-corrected chi connectivity index (χ4v) is 3.17. The van der Waals surface area contributed by atoms with Gasteiger partial charge in [0.2, 0.25) is 0 Å². The molecule has 0 unspecified atom stereocenters. The molecule has 0 atom stereocenters. The molecule has 0 saturated carbocycles. The van der Waals surface area contributed by atoms with Gasteiger partial charge in [-0.25, -0.2) is 4.39 Å². The number of piperazine rings is 1. The second-order valence-corrected chi connectivity index (χ2v) is 6.68. The number of pyridine rings is 1. The maximum absolute atomic E-state index is 13.1. The van der Waals surface area contributed by atoms with Crippen molar-refractivity contribution in [2.45, 2.75) is 13.1 Å². The predicted molar refractivity (Wildman–Crippen MR) is 93.6 cm³/mol. The van der Waals surface area contributed by atoms with Gasteiger partial charge in [-0.3, -0.25) is 14.6 Å². The van der Waals surface area contributed by atoms with Gasteiger partial charge in [0.15, 0.2) is 0 Å². The van der Waals surface area contributed by atoms with Gasteiger partial charge < -0.3 is 4.57 Å². The molecule has 1 saturated heterocycles. The largest absolute Gasteiger partial charge is 0.319 e. The fourth-order valence-electron chi connectivity index (χ4n) is 2.94. The molecule has 3 rings (SSSR count). The molecule has 0 radical (unpaired) electrons. The lowest BCUT2D eigenvalue weighted by atomic mass is 10.2. The van der Waals surface area contributed by atoms with E-state index in [4.69, 9.17) is 11.6 Å². The van der Waals surface area contributed by atoms with E-state index in [1.807, 2.05) is 12.3 Å². The smallest absolute Gasteiger partial charge is 0.250 e. The summed E-state index contributed by atoms with van der Waals surface area (Å²) in [7, 11) is 1.76. The second kappa shape index (κ2) is 7.47. The molecule has 0 spiro atoms. The van der Waals surface area contributed by atoms with Crippen molar-refractivity contribution < 1.29 is 4.39 Å². The van der Waals surface area contributed by atoms with Crippen molar-refractivity contribution in [3.05, 3.63) is 68.8 Å². The topological polar surface area (TPSA) is 28.5 Å². The number of rotatable bonds is 4. The van der Waals surface area contributed by atoms with Crippen LogP contribution in [0.4, 0.5) is 4.39 Å². The number of benzene rings is 1. The van der Waals surface area contributed by atoms with Gasteiger partial charge >= 0.3 is 0 Å². The molecule has 1 aliphatic rings. The Balaban J connectivity index is 1.53. The summed E-state index contributed by atoms with van der Waals surface area (Å²) in [5.74, 6) is -0.303. The van der Waals surface area contributed by atoms with Crippen molar-refractivity contribution in [2.24, 2.45) is 7.05 Å². The van der Waals surface area contributed by atoms with Crippen LogP contribution < -0.4 is 5.56 Å². The number of halogens is 2. The average Bonchev–Trinajstić information content (AvgIpc) is 2.55. The van der Waals surface area contributed by atoms with E-state index in [-0.39, 0.29) is 11.4 Å². The van der Waals surface area contributed by atoms with Gasteiger partial charge in [0.1, 0.15) is 5.82 Å². The fraction of sp³-hybridized carbons (Fsp3) is 0.389. The maximum Gasteiger partial charge on any atom is 0.250 e. The Hall–Kier alpha value is -1.69. The normalized spacial score (nSPS) is 16.5. The highest BCUT2D eigenvalue weighted by Gasteiger charge is 2.18. The highest BCUT2D eigenvalue weighted by molar-refractivity contribution is 6.31.